The fourth-order valence-electron chi connectivity index (χ4n) is 5.20. The molecule has 0 aliphatic heterocycles. The van der Waals surface area contributed by atoms with Crippen molar-refractivity contribution < 1.29 is 103 Å². The van der Waals surface area contributed by atoms with E-state index in [2.05, 4.69) is 34.8 Å². The normalized spacial score (nSPS) is 32.2. The molecule has 0 aromatic carbocycles. The van der Waals surface area contributed by atoms with Gasteiger partial charge in [-0.15, -0.1) is 0 Å². The van der Waals surface area contributed by atoms with E-state index in [0.29, 0.717) is 5.41 Å². The van der Waals surface area contributed by atoms with Crippen LogP contribution in [0.15, 0.2) is 10.6 Å². The summed E-state index contributed by atoms with van der Waals surface area (Å²) in [6.45, 7) is 8.86. The Bertz CT molecular complexity index is 395. The Hall–Kier alpha value is 3.49. The molecular formula is C19H33BrOY3. The summed E-state index contributed by atoms with van der Waals surface area (Å²) in [4.78, 5) is 2.22. The Kier molecular flexibility index (Phi) is 16.0. The van der Waals surface area contributed by atoms with Gasteiger partial charge in [-0.1, -0.05) is 48.2 Å². The Morgan fingerprint density at radius 3 is 2.46 bits per heavy atom. The van der Waals surface area contributed by atoms with Crippen LogP contribution in [0.2, 0.25) is 0 Å². The second-order valence-corrected chi connectivity index (χ2v) is 8.92. The predicted molar refractivity (Wildman–Crippen MR) is 94.5 cm³/mol. The van der Waals surface area contributed by atoms with E-state index in [9.17, 15) is 5.11 Å². The summed E-state index contributed by atoms with van der Waals surface area (Å²) in [7, 11) is 0. The van der Waals surface area contributed by atoms with E-state index < -0.39 is 5.60 Å². The molecule has 0 aromatic rings. The molecule has 24 heavy (non-hydrogen) atoms. The molecule has 4 atom stereocenters. The van der Waals surface area contributed by atoms with Crippen LogP contribution in [-0.2, 0) is 98.1 Å². The first-order chi connectivity index (χ1) is 9.78. The minimum atomic E-state index is -0.501. The number of hydrogen-bond acceptors (Lipinski definition) is 1. The smallest absolute Gasteiger partial charge is 0.0591 e. The van der Waals surface area contributed by atoms with Crippen molar-refractivity contribution in [1.29, 1.82) is 0 Å². The van der Waals surface area contributed by atoms with E-state index in [1.165, 1.54) is 38.5 Å². The van der Waals surface area contributed by atoms with Crippen LogP contribution in [0.3, 0.4) is 0 Å². The molecule has 5 heteroatoms. The summed E-state index contributed by atoms with van der Waals surface area (Å²) >= 11 is 3.60. The summed E-state index contributed by atoms with van der Waals surface area (Å²) < 4.78 is 0. The minimum Gasteiger partial charge on any atom is -0.390 e. The third kappa shape index (κ3) is 7.72. The van der Waals surface area contributed by atoms with Crippen LogP contribution in [0.1, 0.15) is 79.1 Å². The Balaban J connectivity index is 0. The fourth-order valence-corrected chi connectivity index (χ4v) is 5.75. The van der Waals surface area contributed by atoms with E-state index in [1.807, 2.05) is 13.8 Å². The van der Waals surface area contributed by atoms with Crippen LogP contribution in [0.5, 0.6) is 0 Å². The zero-order valence-corrected chi connectivity index (χ0v) is 26.1. The van der Waals surface area contributed by atoms with E-state index in [1.54, 1.807) is 5.57 Å². The van der Waals surface area contributed by atoms with Crippen molar-refractivity contribution in [2.75, 3.05) is 0 Å². The van der Waals surface area contributed by atoms with Crippen molar-refractivity contribution in [2.24, 2.45) is 23.2 Å². The van der Waals surface area contributed by atoms with Crippen LogP contribution in [0.4, 0.5) is 0 Å². The molecule has 2 aliphatic carbocycles. The molecule has 2 saturated carbocycles. The molecule has 131 valence electrons. The zero-order chi connectivity index (χ0) is 15.7. The number of allylic oxidation sites excluding steroid dienone is 1. The largest absolute Gasteiger partial charge is 0.390 e. The average molecular weight is 624 g/mol. The predicted octanol–water partition coefficient (Wildman–Crippen LogP) is 6.05. The van der Waals surface area contributed by atoms with Crippen molar-refractivity contribution >= 4 is 15.9 Å². The van der Waals surface area contributed by atoms with Gasteiger partial charge >= 0.3 is 0 Å². The molecule has 3 radical (unpaired) electrons. The Labute approximate surface area is 233 Å². The van der Waals surface area contributed by atoms with Crippen LogP contribution in [-0.4, -0.2) is 10.7 Å². The van der Waals surface area contributed by atoms with Gasteiger partial charge in [-0.3, -0.25) is 0 Å². The van der Waals surface area contributed by atoms with E-state index >= 15 is 0 Å². The van der Waals surface area contributed by atoms with Gasteiger partial charge in [0.15, 0.2) is 0 Å². The maximum atomic E-state index is 9.89. The van der Waals surface area contributed by atoms with Gasteiger partial charge in [0, 0.05) is 98.1 Å². The molecule has 0 aromatic heterocycles. The number of rotatable bonds is 5. The van der Waals surface area contributed by atoms with E-state index in [4.69, 9.17) is 0 Å². The summed E-state index contributed by atoms with van der Waals surface area (Å²) in [5.74, 6) is 2.47. The molecule has 1 N–H and O–H groups in total. The molecule has 0 amide bonds. The van der Waals surface area contributed by atoms with Crippen LogP contribution in [0, 0.1) is 23.2 Å². The standard InChI is InChI=1S/C19H33BrO.3Y/c1-14(7-5-11-18(2,3)21)16-9-10-17-15(13-20)8-6-12-19(16,17)4;;;/h13-14,16-17,21H,5-12H2,1-4H3;;;/b15-13+;;;/t14-,16-,17?,19-;;;/m1.../s1. The van der Waals surface area contributed by atoms with Crippen LogP contribution in [0.25, 0.3) is 0 Å². The third-order valence-electron chi connectivity index (χ3n) is 6.31. The Morgan fingerprint density at radius 2 is 1.92 bits per heavy atom. The summed E-state index contributed by atoms with van der Waals surface area (Å²) in [5, 5.41) is 9.89. The molecule has 0 heterocycles. The van der Waals surface area contributed by atoms with Gasteiger partial charge in [0.1, 0.15) is 0 Å². The first-order valence-electron chi connectivity index (χ1n) is 8.79. The van der Waals surface area contributed by atoms with Gasteiger partial charge in [0.25, 0.3) is 0 Å². The second kappa shape index (κ2) is 12.9. The van der Waals surface area contributed by atoms with Crippen molar-refractivity contribution in [2.45, 2.75) is 84.7 Å². The maximum absolute atomic E-state index is 9.89. The van der Waals surface area contributed by atoms with Gasteiger partial charge in [-0.25, -0.2) is 0 Å². The van der Waals surface area contributed by atoms with Crippen LogP contribution < -0.4 is 0 Å². The number of aliphatic hydroxyl groups is 1. The van der Waals surface area contributed by atoms with Crippen molar-refractivity contribution in [1.82, 2.24) is 0 Å². The van der Waals surface area contributed by atoms with Crippen molar-refractivity contribution in [3.63, 3.8) is 0 Å². The maximum Gasteiger partial charge on any atom is 0.0591 e. The molecule has 1 nitrogen and oxygen atoms in total. The van der Waals surface area contributed by atoms with Gasteiger partial charge in [0.05, 0.1) is 5.60 Å². The second-order valence-electron chi connectivity index (χ2n) is 8.46. The molecule has 0 bridgehead atoms. The van der Waals surface area contributed by atoms with Crippen molar-refractivity contribution in [3.05, 3.63) is 10.6 Å². The Morgan fingerprint density at radius 1 is 1.29 bits per heavy atom. The molecule has 0 spiro atoms. The molecular weight excluding hydrogens is 591 g/mol. The molecule has 2 fully saturated rings. The first kappa shape index (κ1) is 29.7. The SMILES string of the molecule is C[C@H](CCCC(C)(C)O)[C@H]1CCC2/C(=C/Br)CCC[C@@]21C.[Y].[Y].[Y]. The van der Waals surface area contributed by atoms with Crippen molar-refractivity contribution in [3.8, 4) is 0 Å². The fraction of sp³-hybridized carbons (Fsp3) is 0.895. The molecule has 0 saturated heterocycles. The number of fused-ring (bicyclic) bond motifs is 1. The number of halogens is 1. The van der Waals surface area contributed by atoms with E-state index in [0.717, 1.165) is 30.6 Å². The number of hydrogen-bond donors (Lipinski definition) is 1. The zero-order valence-electron chi connectivity index (χ0n) is 16.0. The van der Waals surface area contributed by atoms with Gasteiger partial charge in [-0.2, -0.15) is 0 Å². The summed E-state index contributed by atoms with van der Waals surface area (Å²) in [6, 6.07) is 0. The quantitative estimate of drug-likeness (QED) is 0.395. The van der Waals surface area contributed by atoms with Gasteiger partial charge in [0.2, 0.25) is 0 Å². The molecule has 1 unspecified atom stereocenters. The van der Waals surface area contributed by atoms with Gasteiger partial charge in [-0.05, 0) is 80.5 Å². The summed E-state index contributed by atoms with van der Waals surface area (Å²) in [5.41, 5.74) is 1.68. The first-order valence-corrected chi connectivity index (χ1v) is 9.71. The molecule has 2 rings (SSSR count). The molecule has 2 aliphatic rings. The third-order valence-corrected chi connectivity index (χ3v) is 6.90. The van der Waals surface area contributed by atoms with Crippen LogP contribution >= 0.6 is 15.9 Å². The van der Waals surface area contributed by atoms with Gasteiger partial charge < -0.3 is 5.11 Å². The monoisotopic (exact) mass is 623 g/mol. The summed E-state index contributed by atoms with van der Waals surface area (Å²) in [6.07, 6.45) is 10.2. The minimum absolute atomic E-state index is 0. The average Bonchev–Trinajstić information content (AvgIpc) is 2.73. The van der Waals surface area contributed by atoms with E-state index in [-0.39, 0.29) is 98.1 Å². The topological polar surface area (TPSA) is 20.2 Å².